The number of hydrogen-bond donors (Lipinski definition) is 2. The topological polar surface area (TPSA) is 80.9 Å². The Bertz CT molecular complexity index is 600. The predicted molar refractivity (Wildman–Crippen MR) is 73.7 cm³/mol. The predicted octanol–water partition coefficient (Wildman–Crippen LogP) is 2.51. The van der Waals surface area contributed by atoms with Crippen LogP contribution in [0, 0.1) is 12.8 Å². The monoisotopic (exact) mass is 280 g/mol. The molecule has 2 aromatic rings. The highest BCUT2D eigenvalue weighted by molar-refractivity contribution is 7.19. The third kappa shape index (κ3) is 2.23. The molecule has 0 saturated heterocycles. The number of aromatic nitrogens is 2. The molecule has 1 aliphatic rings. The van der Waals surface area contributed by atoms with Crippen LogP contribution in [0.2, 0.25) is 0 Å². The van der Waals surface area contributed by atoms with E-state index >= 15 is 0 Å². The Hall–Kier alpha value is -1.47. The number of nitrogens with zero attached hydrogens (tertiary/aromatic N) is 2. The number of carbonyl (C=O) groups excluding carboxylic acids is 1. The highest BCUT2D eigenvalue weighted by atomic mass is 32.1. The van der Waals surface area contributed by atoms with Crippen molar-refractivity contribution >= 4 is 38.8 Å². The maximum Gasteiger partial charge on any atom is 0.229 e. The zero-order valence-electron chi connectivity index (χ0n) is 9.77. The Morgan fingerprint density at radius 2 is 2.28 bits per heavy atom. The van der Waals surface area contributed by atoms with Gasteiger partial charge < -0.3 is 11.1 Å². The van der Waals surface area contributed by atoms with Gasteiger partial charge in [0.25, 0.3) is 0 Å². The van der Waals surface area contributed by atoms with Crippen LogP contribution < -0.4 is 11.1 Å². The molecule has 0 aliphatic heterocycles. The number of nitrogens with one attached hydrogen (secondary N) is 1. The lowest BCUT2D eigenvalue weighted by atomic mass is 10.3. The van der Waals surface area contributed by atoms with Crippen LogP contribution in [0.25, 0.3) is 10.6 Å². The molecule has 1 amide bonds. The molecule has 18 heavy (non-hydrogen) atoms. The van der Waals surface area contributed by atoms with E-state index in [9.17, 15) is 4.79 Å². The summed E-state index contributed by atoms with van der Waals surface area (Å²) in [6, 6.07) is 0. The quantitative estimate of drug-likeness (QED) is 0.905. The lowest BCUT2D eigenvalue weighted by molar-refractivity contribution is -0.117. The molecule has 2 heterocycles. The molecule has 0 atom stereocenters. The standard InChI is InChI=1S/C11H12N4OS2/c1-5-8(7-4-17-10(12)14-7)18-11(13-5)15-9(16)6-2-3-6/h4,6H,2-3H2,1H3,(H2,12,14)(H,13,15,16). The first-order chi connectivity index (χ1) is 8.63. The molecule has 1 aliphatic carbocycles. The van der Waals surface area contributed by atoms with Crippen LogP contribution in [0.4, 0.5) is 10.3 Å². The van der Waals surface area contributed by atoms with Gasteiger partial charge in [0.2, 0.25) is 5.91 Å². The van der Waals surface area contributed by atoms with Crippen molar-refractivity contribution in [2.24, 2.45) is 5.92 Å². The van der Waals surface area contributed by atoms with Gasteiger partial charge in [-0.05, 0) is 19.8 Å². The van der Waals surface area contributed by atoms with Crippen LogP contribution in [-0.4, -0.2) is 15.9 Å². The molecule has 1 fully saturated rings. The average molecular weight is 280 g/mol. The molecule has 0 unspecified atom stereocenters. The summed E-state index contributed by atoms with van der Waals surface area (Å²) in [5.74, 6) is 0.265. The summed E-state index contributed by atoms with van der Waals surface area (Å²) in [7, 11) is 0. The van der Waals surface area contributed by atoms with Crippen molar-refractivity contribution in [3.05, 3.63) is 11.1 Å². The maximum absolute atomic E-state index is 11.7. The SMILES string of the molecule is Cc1nc(NC(=O)C2CC2)sc1-c1csc(N)n1. The average Bonchev–Trinajstić information content (AvgIpc) is 3.00. The molecular weight excluding hydrogens is 268 g/mol. The summed E-state index contributed by atoms with van der Waals surface area (Å²) >= 11 is 2.85. The first-order valence-electron chi connectivity index (χ1n) is 5.63. The second kappa shape index (κ2) is 4.33. The summed E-state index contributed by atoms with van der Waals surface area (Å²) in [6.45, 7) is 1.91. The van der Waals surface area contributed by atoms with Crippen LogP contribution in [0.15, 0.2) is 5.38 Å². The van der Waals surface area contributed by atoms with E-state index in [1.54, 1.807) is 0 Å². The molecule has 0 bridgehead atoms. The van der Waals surface area contributed by atoms with Crippen molar-refractivity contribution in [1.29, 1.82) is 0 Å². The van der Waals surface area contributed by atoms with Gasteiger partial charge in [-0.2, -0.15) is 0 Å². The highest BCUT2D eigenvalue weighted by Crippen LogP contribution is 2.35. The summed E-state index contributed by atoms with van der Waals surface area (Å²) in [5, 5.41) is 5.95. The molecular formula is C11H12N4OS2. The van der Waals surface area contributed by atoms with Gasteiger partial charge in [-0.3, -0.25) is 4.79 Å². The largest absolute Gasteiger partial charge is 0.375 e. The second-order valence-electron chi connectivity index (χ2n) is 4.27. The van der Waals surface area contributed by atoms with Gasteiger partial charge in [0.1, 0.15) is 0 Å². The van der Waals surface area contributed by atoms with Gasteiger partial charge in [0, 0.05) is 11.3 Å². The zero-order chi connectivity index (χ0) is 12.7. The molecule has 3 rings (SSSR count). The van der Waals surface area contributed by atoms with Crippen molar-refractivity contribution in [1.82, 2.24) is 9.97 Å². The van der Waals surface area contributed by atoms with E-state index in [1.807, 2.05) is 12.3 Å². The van der Waals surface area contributed by atoms with E-state index < -0.39 is 0 Å². The van der Waals surface area contributed by atoms with Crippen LogP contribution >= 0.6 is 22.7 Å². The van der Waals surface area contributed by atoms with Crippen LogP contribution in [-0.2, 0) is 4.79 Å². The number of carbonyl (C=O) groups is 1. The van der Waals surface area contributed by atoms with E-state index in [0.717, 1.165) is 29.1 Å². The Balaban J connectivity index is 1.83. The minimum Gasteiger partial charge on any atom is -0.375 e. The Morgan fingerprint density at radius 3 is 2.89 bits per heavy atom. The number of rotatable bonds is 3. The summed E-state index contributed by atoms with van der Waals surface area (Å²) in [4.78, 5) is 21.2. The number of aryl methyl sites for hydroxylation is 1. The second-order valence-corrected chi connectivity index (χ2v) is 6.16. The van der Waals surface area contributed by atoms with Gasteiger partial charge in [-0.1, -0.05) is 11.3 Å². The number of thiazole rings is 2. The molecule has 2 aromatic heterocycles. The molecule has 0 aromatic carbocycles. The lowest BCUT2D eigenvalue weighted by Gasteiger charge is -1.97. The Kier molecular flexibility index (Phi) is 2.79. The number of anilines is 2. The fourth-order valence-electron chi connectivity index (χ4n) is 1.63. The first-order valence-corrected chi connectivity index (χ1v) is 7.33. The van der Waals surface area contributed by atoms with E-state index in [4.69, 9.17) is 5.73 Å². The molecule has 0 radical (unpaired) electrons. The fourth-order valence-corrected chi connectivity index (χ4v) is 3.19. The van der Waals surface area contributed by atoms with Crippen molar-refractivity contribution in [2.45, 2.75) is 19.8 Å². The number of nitrogens with two attached hydrogens (primary N) is 1. The molecule has 3 N–H and O–H groups in total. The molecule has 5 nitrogen and oxygen atoms in total. The van der Waals surface area contributed by atoms with E-state index in [0.29, 0.717) is 10.3 Å². The Morgan fingerprint density at radius 1 is 1.50 bits per heavy atom. The van der Waals surface area contributed by atoms with Gasteiger partial charge in [-0.15, -0.1) is 11.3 Å². The first kappa shape index (κ1) is 11.6. The number of hydrogen-bond acceptors (Lipinski definition) is 6. The molecule has 0 spiro atoms. The molecule has 7 heteroatoms. The van der Waals surface area contributed by atoms with Gasteiger partial charge in [-0.25, -0.2) is 9.97 Å². The lowest BCUT2D eigenvalue weighted by Crippen LogP contribution is -2.12. The van der Waals surface area contributed by atoms with Crippen LogP contribution in [0.3, 0.4) is 0 Å². The van der Waals surface area contributed by atoms with Gasteiger partial charge in [0.15, 0.2) is 10.3 Å². The number of amides is 1. The van der Waals surface area contributed by atoms with Crippen molar-refractivity contribution < 1.29 is 4.79 Å². The van der Waals surface area contributed by atoms with Crippen molar-refractivity contribution in [3.8, 4) is 10.6 Å². The summed E-state index contributed by atoms with van der Waals surface area (Å²) in [5.41, 5.74) is 7.33. The highest BCUT2D eigenvalue weighted by Gasteiger charge is 2.30. The summed E-state index contributed by atoms with van der Waals surface area (Å²) in [6.07, 6.45) is 1.98. The van der Waals surface area contributed by atoms with Gasteiger partial charge in [0.05, 0.1) is 16.3 Å². The van der Waals surface area contributed by atoms with Gasteiger partial charge >= 0.3 is 0 Å². The van der Waals surface area contributed by atoms with Crippen molar-refractivity contribution in [2.75, 3.05) is 11.1 Å². The van der Waals surface area contributed by atoms with E-state index in [2.05, 4.69) is 15.3 Å². The normalized spacial score (nSPS) is 14.7. The van der Waals surface area contributed by atoms with Crippen molar-refractivity contribution in [3.63, 3.8) is 0 Å². The zero-order valence-corrected chi connectivity index (χ0v) is 11.4. The van der Waals surface area contributed by atoms with E-state index in [-0.39, 0.29) is 11.8 Å². The molecule has 94 valence electrons. The van der Waals surface area contributed by atoms with Crippen LogP contribution in [0.1, 0.15) is 18.5 Å². The summed E-state index contributed by atoms with van der Waals surface area (Å²) < 4.78 is 0. The fraction of sp³-hybridized carbons (Fsp3) is 0.364. The van der Waals surface area contributed by atoms with Crippen LogP contribution in [0.5, 0.6) is 0 Å². The molecule has 1 saturated carbocycles. The minimum absolute atomic E-state index is 0.0769. The van der Waals surface area contributed by atoms with E-state index in [1.165, 1.54) is 22.7 Å². The smallest absolute Gasteiger partial charge is 0.229 e. The Labute approximate surface area is 112 Å². The maximum atomic E-state index is 11.7. The third-order valence-corrected chi connectivity index (χ3v) is 4.50. The minimum atomic E-state index is 0.0769. The number of nitrogen functional groups attached to an aromatic ring is 1. The third-order valence-electron chi connectivity index (χ3n) is 2.73.